The Labute approximate surface area is 110 Å². The van der Waals surface area contributed by atoms with Gasteiger partial charge in [0.05, 0.1) is 6.04 Å². The van der Waals surface area contributed by atoms with Gasteiger partial charge in [0.2, 0.25) is 0 Å². The summed E-state index contributed by atoms with van der Waals surface area (Å²) >= 11 is 0. The summed E-state index contributed by atoms with van der Waals surface area (Å²) in [6, 6.07) is 7.12. The summed E-state index contributed by atoms with van der Waals surface area (Å²) in [5.74, 6) is -1.56. The van der Waals surface area contributed by atoms with E-state index in [1.165, 1.54) is 6.07 Å². The van der Waals surface area contributed by atoms with Crippen LogP contribution in [0.15, 0.2) is 36.4 Å². The number of hydrogen-bond acceptors (Lipinski definition) is 1. The Morgan fingerprint density at radius 3 is 2.26 bits per heavy atom. The highest BCUT2D eigenvalue weighted by Crippen LogP contribution is 2.27. The summed E-state index contributed by atoms with van der Waals surface area (Å²) in [7, 11) is 1.58. The van der Waals surface area contributed by atoms with E-state index < -0.39 is 23.5 Å². The van der Waals surface area contributed by atoms with Crippen molar-refractivity contribution < 1.29 is 13.2 Å². The Morgan fingerprint density at radius 1 is 0.895 bits per heavy atom. The Kier molecular flexibility index (Phi) is 3.90. The van der Waals surface area contributed by atoms with Crippen LogP contribution in [0, 0.1) is 24.4 Å². The molecular formula is C15H14F3N. The molecule has 0 radical (unpaired) electrons. The van der Waals surface area contributed by atoms with E-state index in [-0.39, 0.29) is 11.1 Å². The van der Waals surface area contributed by atoms with E-state index in [1.807, 2.05) is 0 Å². The third-order valence-electron chi connectivity index (χ3n) is 3.02. The molecule has 0 aromatic heterocycles. The Balaban J connectivity index is 2.52. The first-order valence-electron chi connectivity index (χ1n) is 5.91. The van der Waals surface area contributed by atoms with Gasteiger partial charge in [0.25, 0.3) is 0 Å². The number of nitrogens with one attached hydrogen (secondary N) is 1. The van der Waals surface area contributed by atoms with E-state index in [0.717, 1.165) is 23.8 Å². The SMILES string of the molecule is CNC(c1ccc(C)cc1F)c1cc(F)ccc1F. The van der Waals surface area contributed by atoms with E-state index in [0.29, 0.717) is 0 Å². The quantitative estimate of drug-likeness (QED) is 0.891. The first-order chi connectivity index (χ1) is 9.02. The lowest BCUT2D eigenvalue weighted by Gasteiger charge is -2.19. The molecule has 4 heteroatoms. The van der Waals surface area contributed by atoms with Crippen molar-refractivity contribution in [1.29, 1.82) is 0 Å². The number of aryl methyl sites for hydroxylation is 1. The number of benzene rings is 2. The molecule has 0 saturated heterocycles. The zero-order chi connectivity index (χ0) is 14.0. The fourth-order valence-electron chi connectivity index (χ4n) is 2.08. The zero-order valence-electron chi connectivity index (χ0n) is 10.7. The average molecular weight is 265 g/mol. The predicted octanol–water partition coefficient (Wildman–Crippen LogP) is 3.72. The third-order valence-corrected chi connectivity index (χ3v) is 3.02. The summed E-state index contributed by atoms with van der Waals surface area (Å²) in [4.78, 5) is 0. The monoisotopic (exact) mass is 265 g/mol. The van der Waals surface area contributed by atoms with Gasteiger partial charge >= 0.3 is 0 Å². The number of halogens is 3. The highest BCUT2D eigenvalue weighted by molar-refractivity contribution is 5.35. The molecule has 0 amide bonds. The second-order valence-corrected chi connectivity index (χ2v) is 4.41. The Hall–Kier alpha value is -1.81. The molecule has 2 rings (SSSR count). The second kappa shape index (κ2) is 5.45. The molecule has 2 aromatic carbocycles. The van der Waals surface area contributed by atoms with Crippen molar-refractivity contribution in [2.24, 2.45) is 0 Å². The van der Waals surface area contributed by atoms with Gasteiger partial charge in [-0.25, -0.2) is 13.2 Å². The molecule has 1 N–H and O–H groups in total. The van der Waals surface area contributed by atoms with Crippen molar-refractivity contribution >= 4 is 0 Å². The molecule has 2 aromatic rings. The average Bonchev–Trinajstić information content (AvgIpc) is 2.36. The first-order valence-corrected chi connectivity index (χ1v) is 5.91. The lowest BCUT2D eigenvalue weighted by atomic mass is 9.97. The van der Waals surface area contributed by atoms with Gasteiger partial charge in [-0.05, 0) is 43.8 Å². The highest BCUT2D eigenvalue weighted by Gasteiger charge is 2.20. The van der Waals surface area contributed by atoms with Crippen LogP contribution >= 0.6 is 0 Å². The van der Waals surface area contributed by atoms with Crippen LogP contribution in [0.25, 0.3) is 0 Å². The van der Waals surface area contributed by atoms with Gasteiger partial charge in [0, 0.05) is 11.1 Å². The van der Waals surface area contributed by atoms with E-state index in [1.54, 1.807) is 26.1 Å². The van der Waals surface area contributed by atoms with Crippen LogP contribution in [0.4, 0.5) is 13.2 Å². The van der Waals surface area contributed by atoms with E-state index >= 15 is 0 Å². The molecule has 19 heavy (non-hydrogen) atoms. The fraction of sp³-hybridized carbons (Fsp3) is 0.200. The summed E-state index contributed by atoms with van der Waals surface area (Å²) in [6.07, 6.45) is 0. The minimum atomic E-state index is -0.726. The number of hydrogen-bond donors (Lipinski definition) is 1. The lowest BCUT2D eigenvalue weighted by molar-refractivity contribution is 0.537. The van der Waals surface area contributed by atoms with Gasteiger partial charge in [0.1, 0.15) is 17.5 Å². The maximum atomic E-state index is 13.9. The van der Waals surface area contributed by atoms with Gasteiger partial charge in [-0.1, -0.05) is 12.1 Å². The zero-order valence-corrected chi connectivity index (χ0v) is 10.7. The summed E-state index contributed by atoms with van der Waals surface area (Å²) < 4.78 is 41.0. The van der Waals surface area contributed by atoms with Crippen LogP contribution in [0.1, 0.15) is 22.7 Å². The van der Waals surface area contributed by atoms with Crippen LogP contribution in [0.2, 0.25) is 0 Å². The highest BCUT2D eigenvalue weighted by atomic mass is 19.1. The topological polar surface area (TPSA) is 12.0 Å². The third kappa shape index (κ3) is 2.79. The molecule has 0 aliphatic carbocycles. The van der Waals surface area contributed by atoms with Crippen molar-refractivity contribution in [1.82, 2.24) is 5.32 Å². The molecule has 0 heterocycles. The molecule has 1 atom stereocenters. The van der Waals surface area contributed by atoms with Crippen molar-refractivity contribution in [2.45, 2.75) is 13.0 Å². The van der Waals surface area contributed by atoms with Crippen molar-refractivity contribution in [3.05, 3.63) is 70.5 Å². The molecule has 0 fully saturated rings. The smallest absolute Gasteiger partial charge is 0.128 e. The maximum absolute atomic E-state index is 13.9. The summed E-state index contributed by atoms with van der Waals surface area (Å²) in [5, 5.41) is 2.82. The van der Waals surface area contributed by atoms with E-state index in [2.05, 4.69) is 5.32 Å². The molecular weight excluding hydrogens is 251 g/mol. The normalized spacial score (nSPS) is 12.5. The number of rotatable bonds is 3. The Bertz CT molecular complexity index is 596. The minimum Gasteiger partial charge on any atom is -0.309 e. The molecule has 0 saturated carbocycles. The predicted molar refractivity (Wildman–Crippen MR) is 68.4 cm³/mol. The minimum absolute atomic E-state index is 0.0882. The van der Waals surface area contributed by atoms with E-state index in [9.17, 15) is 13.2 Å². The van der Waals surface area contributed by atoms with Crippen molar-refractivity contribution in [3.63, 3.8) is 0 Å². The molecule has 0 spiro atoms. The van der Waals surface area contributed by atoms with Crippen LogP contribution < -0.4 is 5.32 Å². The molecule has 1 unspecified atom stereocenters. The van der Waals surface area contributed by atoms with Gasteiger partial charge in [-0.15, -0.1) is 0 Å². The second-order valence-electron chi connectivity index (χ2n) is 4.41. The van der Waals surface area contributed by atoms with Gasteiger partial charge in [-0.2, -0.15) is 0 Å². The van der Waals surface area contributed by atoms with Gasteiger partial charge in [-0.3, -0.25) is 0 Å². The van der Waals surface area contributed by atoms with Gasteiger partial charge in [0.15, 0.2) is 0 Å². The van der Waals surface area contributed by atoms with Crippen LogP contribution in [0.5, 0.6) is 0 Å². The summed E-state index contributed by atoms with van der Waals surface area (Å²) in [6.45, 7) is 1.77. The van der Waals surface area contributed by atoms with Gasteiger partial charge < -0.3 is 5.32 Å². The maximum Gasteiger partial charge on any atom is 0.128 e. The summed E-state index contributed by atoms with van der Waals surface area (Å²) in [5.41, 5.74) is 1.15. The molecule has 100 valence electrons. The van der Waals surface area contributed by atoms with E-state index in [4.69, 9.17) is 0 Å². The standard InChI is InChI=1S/C15H14F3N/c1-9-3-5-11(14(18)7-9)15(19-2)12-8-10(16)4-6-13(12)17/h3-8,15,19H,1-2H3. The Morgan fingerprint density at radius 2 is 1.63 bits per heavy atom. The fourth-order valence-corrected chi connectivity index (χ4v) is 2.08. The molecule has 0 bridgehead atoms. The first kappa shape index (κ1) is 13.6. The lowest BCUT2D eigenvalue weighted by Crippen LogP contribution is -2.20. The molecule has 0 aliphatic heterocycles. The van der Waals surface area contributed by atoms with Crippen LogP contribution in [-0.4, -0.2) is 7.05 Å². The largest absolute Gasteiger partial charge is 0.309 e. The molecule has 0 aliphatic rings. The van der Waals surface area contributed by atoms with Crippen molar-refractivity contribution in [3.8, 4) is 0 Å². The van der Waals surface area contributed by atoms with Crippen molar-refractivity contribution in [2.75, 3.05) is 7.05 Å². The molecule has 1 nitrogen and oxygen atoms in total. The van der Waals surface area contributed by atoms with Crippen LogP contribution in [0.3, 0.4) is 0 Å². The van der Waals surface area contributed by atoms with Crippen LogP contribution in [-0.2, 0) is 0 Å².